The SMILES string of the molecule is CS(=O)(=O)c1ccc(-c2cnn(-c3cccc(Cl)c3)c(=O)c2S(=O)(=O)c2ccccn2)cc1. The van der Waals surface area contributed by atoms with Gasteiger partial charge in [0.05, 0.1) is 16.8 Å². The number of halogens is 1. The lowest BCUT2D eigenvalue weighted by Crippen LogP contribution is -2.28. The maximum absolute atomic E-state index is 13.5. The highest BCUT2D eigenvalue weighted by Crippen LogP contribution is 2.29. The van der Waals surface area contributed by atoms with Crippen molar-refractivity contribution < 1.29 is 16.8 Å². The van der Waals surface area contributed by atoms with Gasteiger partial charge in [-0.15, -0.1) is 0 Å². The van der Waals surface area contributed by atoms with Gasteiger partial charge in [-0.1, -0.05) is 35.9 Å². The Morgan fingerprint density at radius 2 is 1.64 bits per heavy atom. The topological polar surface area (TPSA) is 116 Å². The molecule has 4 aromatic rings. The van der Waals surface area contributed by atoms with Gasteiger partial charge in [0.2, 0.25) is 9.84 Å². The van der Waals surface area contributed by atoms with Gasteiger partial charge in [0.25, 0.3) is 5.56 Å². The molecule has 0 spiro atoms. The molecule has 0 saturated carbocycles. The molecule has 11 heteroatoms. The summed E-state index contributed by atoms with van der Waals surface area (Å²) in [5.41, 5.74) is -0.291. The average molecular weight is 502 g/mol. The predicted molar refractivity (Wildman–Crippen MR) is 123 cm³/mol. The van der Waals surface area contributed by atoms with Gasteiger partial charge in [-0.05, 0) is 48.0 Å². The Morgan fingerprint density at radius 3 is 2.24 bits per heavy atom. The monoisotopic (exact) mass is 501 g/mol. The molecule has 168 valence electrons. The molecule has 0 radical (unpaired) electrons. The van der Waals surface area contributed by atoms with Crippen molar-refractivity contribution in [2.75, 3.05) is 6.26 Å². The molecular weight excluding hydrogens is 486 g/mol. The molecule has 0 aliphatic rings. The second-order valence-corrected chi connectivity index (χ2v) is 11.3. The molecule has 0 N–H and O–H groups in total. The number of sulfone groups is 2. The predicted octanol–water partition coefficient (Wildman–Crippen LogP) is 3.18. The van der Waals surface area contributed by atoms with Crippen LogP contribution in [0.5, 0.6) is 0 Å². The van der Waals surface area contributed by atoms with Crippen LogP contribution in [0, 0.1) is 0 Å². The lowest BCUT2D eigenvalue weighted by molar-refractivity contribution is 0.588. The van der Waals surface area contributed by atoms with Crippen LogP contribution < -0.4 is 5.56 Å². The number of hydrogen-bond acceptors (Lipinski definition) is 7. The van der Waals surface area contributed by atoms with Crippen molar-refractivity contribution in [3.05, 3.63) is 94.5 Å². The first kappa shape index (κ1) is 22.8. The molecule has 33 heavy (non-hydrogen) atoms. The van der Waals surface area contributed by atoms with Crippen molar-refractivity contribution in [2.24, 2.45) is 0 Å². The van der Waals surface area contributed by atoms with E-state index in [0.29, 0.717) is 10.6 Å². The van der Waals surface area contributed by atoms with Crippen LogP contribution in [0.1, 0.15) is 0 Å². The molecule has 0 unspecified atom stereocenters. The molecule has 8 nitrogen and oxygen atoms in total. The molecule has 2 heterocycles. The molecule has 2 aromatic heterocycles. The Kier molecular flexibility index (Phi) is 5.91. The quantitative estimate of drug-likeness (QED) is 0.412. The minimum atomic E-state index is -4.36. The summed E-state index contributed by atoms with van der Waals surface area (Å²) >= 11 is 6.03. The fourth-order valence-corrected chi connectivity index (χ4v) is 5.45. The van der Waals surface area contributed by atoms with Gasteiger partial charge in [0.1, 0.15) is 4.90 Å². The summed E-state index contributed by atoms with van der Waals surface area (Å²) in [6.45, 7) is 0. The number of pyridine rings is 1. The fraction of sp³-hybridized carbons (Fsp3) is 0.0455. The maximum Gasteiger partial charge on any atom is 0.291 e. The summed E-state index contributed by atoms with van der Waals surface area (Å²) in [7, 11) is -7.82. The van der Waals surface area contributed by atoms with Crippen molar-refractivity contribution in [1.29, 1.82) is 0 Å². The van der Waals surface area contributed by atoms with E-state index in [9.17, 15) is 21.6 Å². The van der Waals surface area contributed by atoms with E-state index in [1.807, 2.05) is 0 Å². The van der Waals surface area contributed by atoms with Gasteiger partial charge in [-0.2, -0.15) is 9.78 Å². The zero-order valence-electron chi connectivity index (χ0n) is 17.1. The Morgan fingerprint density at radius 1 is 0.909 bits per heavy atom. The zero-order chi connectivity index (χ0) is 23.8. The van der Waals surface area contributed by atoms with Gasteiger partial charge in [-0.3, -0.25) is 4.79 Å². The first-order valence-electron chi connectivity index (χ1n) is 9.44. The number of nitrogens with zero attached hydrogens (tertiary/aromatic N) is 3. The Bertz CT molecular complexity index is 1620. The van der Waals surface area contributed by atoms with Crippen LogP contribution >= 0.6 is 11.6 Å². The van der Waals surface area contributed by atoms with E-state index in [0.717, 1.165) is 10.9 Å². The van der Waals surface area contributed by atoms with E-state index in [-0.39, 0.29) is 21.2 Å². The van der Waals surface area contributed by atoms with Gasteiger partial charge >= 0.3 is 0 Å². The molecule has 0 aliphatic heterocycles. The lowest BCUT2D eigenvalue weighted by Gasteiger charge is -2.13. The van der Waals surface area contributed by atoms with Crippen LogP contribution in [0.25, 0.3) is 16.8 Å². The molecule has 0 aliphatic carbocycles. The van der Waals surface area contributed by atoms with Gasteiger partial charge < -0.3 is 0 Å². The molecule has 0 amide bonds. The highest BCUT2D eigenvalue weighted by molar-refractivity contribution is 7.91. The van der Waals surface area contributed by atoms with E-state index in [2.05, 4.69) is 10.1 Å². The lowest BCUT2D eigenvalue weighted by atomic mass is 10.1. The third kappa shape index (κ3) is 4.45. The second kappa shape index (κ2) is 8.54. The van der Waals surface area contributed by atoms with Gasteiger partial charge in [0.15, 0.2) is 14.9 Å². The molecular formula is C22H16ClN3O5S2. The van der Waals surface area contributed by atoms with Crippen molar-refractivity contribution in [2.45, 2.75) is 14.8 Å². The van der Waals surface area contributed by atoms with E-state index < -0.39 is 30.1 Å². The molecule has 0 fully saturated rings. The molecule has 0 atom stereocenters. The van der Waals surface area contributed by atoms with Crippen molar-refractivity contribution >= 4 is 31.3 Å². The van der Waals surface area contributed by atoms with Crippen molar-refractivity contribution in [3.63, 3.8) is 0 Å². The average Bonchev–Trinajstić information content (AvgIpc) is 2.79. The van der Waals surface area contributed by atoms with E-state index in [1.165, 1.54) is 54.9 Å². The van der Waals surface area contributed by atoms with E-state index in [1.54, 1.807) is 24.3 Å². The number of hydrogen-bond donors (Lipinski definition) is 0. The number of aromatic nitrogens is 3. The summed E-state index contributed by atoms with van der Waals surface area (Å²) in [5, 5.41) is 4.19. The smallest absolute Gasteiger partial charge is 0.266 e. The van der Waals surface area contributed by atoms with Gasteiger partial charge in [-0.25, -0.2) is 21.8 Å². The standard InChI is InChI=1S/C22H16ClN3O5S2/c1-32(28,29)18-10-8-15(9-11-18)19-14-25-26(17-6-4-5-16(23)13-17)22(27)21(19)33(30,31)20-7-2-3-12-24-20/h2-14H,1H3. The van der Waals surface area contributed by atoms with Crippen LogP contribution in [0.2, 0.25) is 5.02 Å². The first-order valence-corrected chi connectivity index (χ1v) is 13.2. The summed E-state index contributed by atoms with van der Waals surface area (Å²) in [6, 6.07) is 16.1. The van der Waals surface area contributed by atoms with Crippen LogP contribution in [-0.2, 0) is 19.7 Å². The summed E-state index contributed by atoms with van der Waals surface area (Å²) < 4.78 is 51.5. The molecule has 0 bridgehead atoms. The Hall–Kier alpha value is -3.34. The minimum absolute atomic E-state index is 0.0176. The highest BCUT2D eigenvalue weighted by atomic mass is 35.5. The fourth-order valence-electron chi connectivity index (χ4n) is 3.19. The minimum Gasteiger partial charge on any atom is -0.266 e. The summed E-state index contributed by atoms with van der Waals surface area (Å²) in [5.74, 6) is 0. The first-order chi connectivity index (χ1) is 15.6. The van der Waals surface area contributed by atoms with Crippen LogP contribution in [0.15, 0.2) is 98.7 Å². The van der Waals surface area contributed by atoms with E-state index in [4.69, 9.17) is 11.6 Å². The summed E-state index contributed by atoms with van der Waals surface area (Å²) in [6.07, 6.45) is 3.62. The maximum atomic E-state index is 13.5. The van der Waals surface area contributed by atoms with Crippen LogP contribution in [-0.4, -0.2) is 37.9 Å². The third-order valence-electron chi connectivity index (χ3n) is 4.76. The van der Waals surface area contributed by atoms with Crippen LogP contribution in [0.4, 0.5) is 0 Å². The van der Waals surface area contributed by atoms with Crippen molar-refractivity contribution in [3.8, 4) is 16.8 Å². The Labute approximate surface area is 195 Å². The largest absolute Gasteiger partial charge is 0.291 e. The van der Waals surface area contributed by atoms with Crippen molar-refractivity contribution in [1.82, 2.24) is 14.8 Å². The molecule has 2 aromatic carbocycles. The normalized spacial score (nSPS) is 11.9. The third-order valence-corrected chi connectivity index (χ3v) is 7.85. The highest BCUT2D eigenvalue weighted by Gasteiger charge is 2.29. The van der Waals surface area contributed by atoms with Crippen LogP contribution in [0.3, 0.4) is 0 Å². The number of rotatable bonds is 5. The summed E-state index contributed by atoms with van der Waals surface area (Å²) in [4.78, 5) is 16.9. The zero-order valence-corrected chi connectivity index (χ0v) is 19.5. The number of benzene rings is 2. The van der Waals surface area contributed by atoms with Gasteiger partial charge in [0, 0.05) is 23.0 Å². The van der Waals surface area contributed by atoms with E-state index >= 15 is 0 Å². The Balaban J connectivity index is 2.02. The molecule has 4 rings (SSSR count). The second-order valence-electron chi connectivity index (χ2n) is 7.05. The molecule has 0 saturated heterocycles.